The average molecular weight is 311 g/mol. The number of aromatic nitrogens is 2. The number of unbranched alkanes of at least 4 members (excludes halogenated alkanes) is 1. The Kier molecular flexibility index (Phi) is 7.07. The second-order valence-corrected chi connectivity index (χ2v) is 7.22. The number of rotatable bonds is 8. The highest BCUT2D eigenvalue weighted by Crippen LogP contribution is 2.21. The lowest BCUT2D eigenvalue weighted by Gasteiger charge is -2.26. The zero-order valence-corrected chi connectivity index (χ0v) is 14.6. The molecule has 4 nitrogen and oxygen atoms in total. The SMILES string of the molecule is CCCCSCn1cc(C(C)C)c(CN2CCNCC2)n1. The van der Waals surface area contributed by atoms with Gasteiger partial charge >= 0.3 is 0 Å². The van der Waals surface area contributed by atoms with Gasteiger partial charge in [0.15, 0.2) is 0 Å². The predicted octanol–water partition coefficient (Wildman–Crippen LogP) is 2.90. The standard InChI is InChI=1S/C16H30N4S/c1-4-5-10-21-13-20-11-15(14(2)3)16(18-20)12-19-8-6-17-7-9-19/h11,14,17H,4-10,12-13H2,1-3H3. The minimum atomic E-state index is 0.553. The van der Waals surface area contributed by atoms with Gasteiger partial charge in [-0.1, -0.05) is 27.2 Å². The van der Waals surface area contributed by atoms with E-state index in [1.54, 1.807) is 0 Å². The number of hydrogen-bond donors (Lipinski definition) is 1. The molecule has 1 aromatic heterocycles. The summed E-state index contributed by atoms with van der Waals surface area (Å²) in [4.78, 5) is 2.51. The van der Waals surface area contributed by atoms with Crippen LogP contribution in [-0.2, 0) is 12.4 Å². The van der Waals surface area contributed by atoms with E-state index in [2.05, 4.69) is 41.9 Å². The molecule has 1 saturated heterocycles. The van der Waals surface area contributed by atoms with E-state index < -0.39 is 0 Å². The van der Waals surface area contributed by atoms with Crippen molar-refractivity contribution in [1.82, 2.24) is 20.0 Å². The van der Waals surface area contributed by atoms with Gasteiger partial charge in [-0.2, -0.15) is 5.10 Å². The number of thioether (sulfide) groups is 1. The summed E-state index contributed by atoms with van der Waals surface area (Å²) in [5.74, 6) is 2.78. The minimum Gasteiger partial charge on any atom is -0.314 e. The van der Waals surface area contributed by atoms with E-state index in [0.29, 0.717) is 5.92 Å². The molecule has 0 radical (unpaired) electrons. The summed E-state index contributed by atoms with van der Waals surface area (Å²) in [7, 11) is 0. The highest BCUT2D eigenvalue weighted by molar-refractivity contribution is 7.98. The minimum absolute atomic E-state index is 0.553. The zero-order chi connectivity index (χ0) is 15.1. The van der Waals surface area contributed by atoms with Crippen molar-refractivity contribution < 1.29 is 0 Å². The Hall–Kier alpha value is -0.520. The van der Waals surface area contributed by atoms with Crippen LogP contribution in [0.15, 0.2) is 6.20 Å². The molecule has 0 amide bonds. The first-order valence-corrected chi connectivity index (χ1v) is 9.43. The van der Waals surface area contributed by atoms with E-state index in [9.17, 15) is 0 Å². The number of piperazine rings is 1. The van der Waals surface area contributed by atoms with Crippen LogP contribution in [-0.4, -0.2) is 46.6 Å². The first-order valence-electron chi connectivity index (χ1n) is 8.27. The van der Waals surface area contributed by atoms with Gasteiger partial charge in [0, 0.05) is 38.9 Å². The third-order valence-electron chi connectivity index (χ3n) is 3.94. The van der Waals surface area contributed by atoms with Crippen LogP contribution in [0.1, 0.15) is 50.8 Å². The molecule has 0 spiro atoms. The van der Waals surface area contributed by atoms with Crippen LogP contribution in [0.5, 0.6) is 0 Å². The summed E-state index contributed by atoms with van der Waals surface area (Å²) in [5, 5.41) is 8.27. The summed E-state index contributed by atoms with van der Waals surface area (Å²) in [6, 6.07) is 0. The van der Waals surface area contributed by atoms with Crippen LogP contribution in [0, 0.1) is 0 Å². The van der Waals surface area contributed by atoms with Gasteiger partial charge in [0.1, 0.15) is 0 Å². The van der Waals surface area contributed by atoms with Gasteiger partial charge in [-0.25, -0.2) is 0 Å². The molecular formula is C16H30N4S. The molecule has 0 aliphatic carbocycles. The van der Waals surface area contributed by atoms with Crippen LogP contribution in [0.2, 0.25) is 0 Å². The van der Waals surface area contributed by atoms with E-state index in [0.717, 1.165) is 38.6 Å². The second-order valence-electron chi connectivity index (χ2n) is 6.14. The van der Waals surface area contributed by atoms with Crippen LogP contribution >= 0.6 is 11.8 Å². The van der Waals surface area contributed by atoms with Crippen molar-refractivity contribution in [2.45, 2.75) is 52.0 Å². The molecule has 0 bridgehead atoms. The Balaban J connectivity index is 1.95. The second kappa shape index (κ2) is 8.81. The van der Waals surface area contributed by atoms with Crippen molar-refractivity contribution in [2.75, 3.05) is 31.9 Å². The monoisotopic (exact) mass is 310 g/mol. The molecule has 1 fully saturated rings. The van der Waals surface area contributed by atoms with E-state index >= 15 is 0 Å². The van der Waals surface area contributed by atoms with Crippen molar-refractivity contribution in [3.8, 4) is 0 Å². The fourth-order valence-electron chi connectivity index (χ4n) is 2.63. The quantitative estimate of drug-likeness (QED) is 0.749. The molecule has 0 aromatic carbocycles. The largest absolute Gasteiger partial charge is 0.314 e. The van der Waals surface area contributed by atoms with Crippen LogP contribution in [0.4, 0.5) is 0 Å². The molecule has 21 heavy (non-hydrogen) atoms. The van der Waals surface area contributed by atoms with Gasteiger partial charge in [-0.3, -0.25) is 9.58 Å². The third kappa shape index (κ3) is 5.31. The van der Waals surface area contributed by atoms with Crippen molar-refractivity contribution in [2.24, 2.45) is 0 Å². The smallest absolute Gasteiger partial charge is 0.0863 e. The van der Waals surface area contributed by atoms with E-state index in [1.165, 1.54) is 29.9 Å². The third-order valence-corrected chi connectivity index (χ3v) is 4.97. The Morgan fingerprint density at radius 3 is 2.76 bits per heavy atom. The Bertz CT molecular complexity index is 410. The summed E-state index contributed by atoms with van der Waals surface area (Å²) in [6.45, 7) is 12.3. The van der Waals surface area contributed by atoms with E-state index in [1.807, 2.05) is 11.8 Å². The number of nitrogens with one attached hydrogen (secondary N) is 1. The molecule has 0 saturated carbocycles. The topological polar surface area (TPSA) is 33.1 Å². The maximum Gasteiger partial charge on any atom is 0.0863 e. The van der Waals surface area contributed by atoms with E-state index in [-0.39, 0.29) is 0 Å². The first kappa shape index (κ1) is 16.8. The molecule has 0 unspecified atom stereocenters. The van der Waals surface area contributed by atoms with Gasteiger partial charge in [-0.15, -0.1) is 11.8 Å². The van der Waals surface area contributed by atoms with Gasteiger partial charge in [0.25, 0.3) is 0 Å². The Morgan fingerprint density at radius 1 is 1.33 bits per heavy atom. The lowest BCUT2D eigenvalue weighted by atomic mass is 10.0. The maximum absolute atomic E-state index is 4.86. The fraction of sp³-hybridized carbons (Fsp3) is 0.812. The van der Waals surface area contributed by atoms with Gasteiger partial charge in [0.2, 0.25) is 0 Å². The molecule has 120 valence electrons. The zero-order valence-electron chi connectivity index (χ0n) is 13.8. The molecule has 1 N–H and O–H groups in total. The summed E-state index contributed by atoms with van der Waals surface area (Å²) in [6.07, 6.45) is 4.84. The summed E-state index contributed by atoms with van der Waals surface area (Å²) in [5.41, 5.74) is 2.70. The highest BCUT2D eigenvalue weighted by atomic mass is 32.2. The molecule has 2 heterocycles. The van der Waals surface area contributed by atoms with Crippen molar-refractivity contribution >= 4 is 11.8 Å². The first-order chi connectivity index (χ1) is 10.2. The normalized spacial score (nSPS) is 16.8. The molecule has 1 aliphatic heterocycles. The maximum atomic E-state index is 4.86. The van der Waals surface area contributed by atoms with Gasteiger partial charge < -0.3 is 5.32 Å². The average Bonchev–Trinajstić information content (AvgIpc) is 2.88. The molecular weight excluding hydrogens is 280 g/mol. The Labute approximate surface area is 133 Å². The highest BCUT2D eigenvalue weighted by Gasteiger charge is 2.17. The van der Waals surface area contributed by atoms with Gasteiger partial charge in [-0.05, 0) is 23.7 Å². The van der Waals surface area contributed by atoms with Crippen molar-refractivity contribution in [3.63, 3.8) is 0 Å². The fourth-order valence-corrected chi connectivity index (χ4v) is 3.57. The number of hydrogen-bond acceptors (Lipinski definition) is 4. The van der Waals surface area contributed by atoms with Gasteiger partial charge in [0.05, 0.1) is 11.6 Å². The van der Waals surface area contributed by atoms with Crippen LogP contribution in [0.25, 0.3) is 0 Å². The summed E-state index contributed by atoms with van der Waals surface area (Å²) >= 11 is 1.99. The number of nitrogens with zero attached hydrogens (tertiary/aromatic N) is 3. The predicted molar refractivity (Wildman–Crippen MR) is 91.8 cm³/mol. The molecule has 1 aliphatic rings. The van der Waals surface area contributed by atoms with Crippen LogP contribution < -0.4 is 5.32 Å². The Morgan fingerprint density at radius 2 is 2.10 bits per heavy atom. The lowest BCUT2D eigenvalue weighted by molar-refractivity contribution is 0.229. The molecule has 1 aromatic rings. The van der Waals surface area contributed by atoms with Crippen molar-refractivity contribution in [1.29, 1.82) is 0 Å². The molecule has 2 rings (SSSR count). The van der Waals surface area contributed by atoms with Crippen LogP contribution in [0.3, 0.4) is 0 Å². The van der Waals surface area contributed by atoms with E-state index in [4.69, 9.17) is 5.10 Å². The molecule has 0 atom stereocenters. The summed E-state index contributed by atoms with van der Waals surface area (Å²) < 4.78 is 2.15. The lowest BCUT2D eigenvalue weighted by Crippen LogP contribution is -2.43. The van der Waals surface area contributed by atoms with Crippen molar-refractivity contribution in [3.05, 3.63) is 17.5 Å². The molecule has 5 heteroatoms.